The van der Waals surface area contributed by atoms with Crippen LogP contribution in [0.2, 0.25) is 0 Å². The first kappa shape index (κ1) is 16.0. The molecule has 0 saturated carbocycles. The minimum absolute atomic E-state index is 0.250. The summed E-state index contributed by atoms with van der Waals surface area (Å²) in [7, 11) is 0. The third kappa shape index (κ3) is 5.14. The van der Waals surface area contributed by atoms with Gasteiger partial charge in [-0.2, -0.15) is 0 Å². The van der Waals surface area contributed by atoms with Crippen LogP contribution in [-0.2, 0) is 6.54 Å². The molecule has 1 N–H and O–H groups in total. The van der Waals surface area contributed by atoms with Gasteiger partial charge in [-0.05, 0) is 54.4 Å². The van der Waals surface area contributed by atoms with Gasteiger partial charge in [0, 0.05) is 16.3 Å². The Balaban J connectivity index is 2.14. The standard InChI is InChI=1S/C17H19F2NS/c1-12(2)10-20-11-13-8-15(19)6-7-17(13)21-16-5-3-4-14(18)9-16/h3-9,12,20H,10-11H2,1-2H3. The summed E-state index contributed by atoms with van der Waals surface area (Å²) in [5.74, 6) is 0.0272. The first-order valence-electron chi connectivity index (χ1n) is 6.97. The van der Waals surface area contributed by atoms with Crippen LogP contribution in [0.3, 0.4) is 0 Å². The molecule has 21 heavy (non-hydrogen) atoms. The minimum atomic E-state index is -0.262. The Morgan fingerprint density at radius 1 is 1.05 bits per heavy atom. The number of nitrogens with one attached hydrogen (secondary N) is 1. The molecule has 0 amide bonds. The lowest BCUT2D eigenvalue weighted by Gasteiger charge is -2.12. The largest absolute Gasteiger partial charge is 0.312 e. The summed E-state index contributed by atoms with van der Waals surface area (Å²) in [4.78, 5) is 1.75. The van der Waals surface area contributed by atoms with E-state index in [1.54, 1.807) is 12.1 Å². The van der Waals surface area contributed by atoms with Gasteiger partial charge in [0.2, 0.25) is 0 Å². The van der Waals surface area contributed by atoms with Crippen LogP contribution in [-0.4, -0.2) is 6.54 Å². The smallest absolute Gasteiger partial charge is 0.124 e. The molecule has 0 atom stereocenters. The molecule has 0 aliphatic heterocycles. The second-order valence-corrected chi connectivity index (χ2v) is 6.45. The third-order valence-electron chi connectivity index (χ3n) is 2.91. The minimum Gasteiger partial charge on any atom is -0.312 e. The SMILES string of the molecule is CC(C)CNCc1cc(F)ccc1Sc1cccc(F)c1. The second kappa shape index (κ2) is 7.57. The molecule has 112 valence electrons. The highest BCUT2D eigenvalue weighted by molar-refractivity contribution is 7.99. The second-order valence-electron chi connectivity index (χ2n) is 5.34. The monoisotopic (exact) mass is 307 g/mol. The lowest BCUT2D eigenvalue weighted by molar-refractivity contribution is 0.547. The van der Waals surface area contributed by atoms with Gasteiger partial charge >= 0.3 is 0 Å². The normalized spacial score (nSPS) is 11.1. The van der Waals surface area contributed by atoms with E-state index in [2.05, 4.69) is 19.2 Å². The molecule has 0 radical (unpaired) electrons. The maximum absolute atomic E-state index is 13.4. The molecule has 0 aromatic heterocycles. The molecule has 0 heterocycles. The fourth-order valence-electron chi connectivity index (χ4n) is 1.94. The predicted molar refractivity (Wildman–Crippen MR) is 83.5 cm³/mol. The Morgan fingerprint density at radius 3 is 2.52 bits per heavy atom. The summed E-state index contributed by atoms with van der Waals surface area (Å²) >= 11 is 1.45. The molecule has 2 aromatic rings. The maximum Gasteiger partial charge on any atom is 0.124 e. The van der Waals surface area contributed by atoms with E-state index in [1.807, 2.05) is 6.07 Å². The molecule has 2 rings (SSSR count). The van der Waals surface area contributed by atoms with Crippen molar-refractivity contribution in [1.82, 2.24) is 5.32 Å². The molecule has 0 unspecified atom stereocenters. The average Bonchev–Trinajstić information content (AvgIpc) is 2.41. The van der Waals surface area contributed by atoms with E-state index in [4.69, 9.17) is 0 Å². The number of benzene rings is 2. The lowest BCUT2D eigenvalue weighted by Crippen LogP contribution is -2.19. The summed E-state index contributed by atoms with van der Waals surface area (Å²) in [6.45, 7) is 5.73. The van der Waals surface area contributed by atoms with Crippen molar-refractivity contribution in [2.75, 3.05) is 6.54 Å². The number of halogens is 2. The van der Waals surface area contributed by atoms with Crippen molar-refractivity contribution in [1.29, 1.82) is 0 Å². The summed E-state index contributed by atoms with van der Waals surface area (Å²) < 4.78 is 26.7. The van der Waals surface area contributed by atoms with E-state index < -0.39 is 0 Å². The average molecular weight is 307 g/mol. The molecule has 2 aromatic carbocycles. The Morgan fingerprint density at radius 2 is 1.81 bits per heavy atom. The van der Waals surface area contributed by atoms with Crippen molar-refractivity contribution < 1.29 is 8.78 Å². The summed E-state index contributed by atoms with van der Waals surface area (Å²) in [5, 5.41) is 3.31. The van der Waals surface area contributed by atoms with E-state index >= 15 is 0 Å². The van der Waals surface area contributed by atoms with Crippen molar-refractivity contribution in [3.8, 4) is 0 Å². The molecular weight excluding hydrogens is 288 g/mol. The Bertz CT molecular complexity index is 599. The van der Waals surface area contributed by atoms with Crippen LogP contribution < -0.4 is 5.32 Å². The number of hydrogen-bond donors (Lipinski definition) is 1. The van der Waals surface area contributed by atoms with Crippen LogP contribution in [0.1, 0.15) is 19.4 Å². The zero-order chi connectivity index (χ0) is 15.2. The zero-order valence-electron chi connectivity index (χ0n) is 12.2. The highest BCUT2D eigenvalue weighted by Crippen LogP contribution is 2.31. The maximum atomic E-state index is 13.4. The van der Waals surface area contributed by atoms with Crippen LogP contribution >= 0.6 is 11.8 Å². The lowest BCUT2D eigenvalue weighted by atomic mass is 10.2. The summed E-state index contributed by atoms with van der Waals surface area (Å²) in [5.41, 5.74) is 0.893. The first-order valence-corrected chi connectivity index (χ1v) is 7.79. The van der Waals surface area contributed by atoms with Gasteiger partial charge in [0.25, 0.3) is 0 Å². The molecule has 1 nitrogen and oxygen atoms in total. The van der Waals surface area contributed by atoms with Crippen LogP contribution in [0.15, 0.2) is 52.3 Å². The van der Waals surface area contributed by atoms with Gasteiger partial charge < -0.3 is 5.32 Å². The molecule has 0 spiro atoms. The molecule has 0 saturated heterocycles. The van der Waals surface area contributed by atoms with Gasteiger partial charge in [-0.25, -0.2) is 8.78 Å². The van der Waals surface area contributed by atoms with Crippen LogP contribution in [0, 0.1) is 17.6 Å². The van der Waals surface area contributed by atoms with Crippen molar-refractivity contribution >= 4 is 11.8 Å². The van der Waals surface area contributed by atoms with Crippen LogP contribution in [0.25, 0.3) is 0 Å². The fraction of sp³-hybridized carbons (Fsp3) is 0.294. The van der Waals surface area contributed by atoms with Crippen molar-refractivity contribution in [3.63, 3.8) is 0 Å². The van der Waals surface area contributed by atoms with Gasteiger partial charge in [0.05, 0.1) is 0 Å². The fourth-order valence-corrected chi connectivity index (χ4v) is 2.91. The van der Waals surface area contributed by atoms with Crippen LogP contribution in [0.4, 0.5) is 8.78 Å². The highest BCUT2D eigenvalue weighted by Gasteiger charge is 2.07. The van der Waals surface area contributed by atoms with E-state index in [-0.39, 0.29) is 11.6 Å². The number of rotatable bonds is 6. The molecule has 0 aliphatic rings. The summed E-state index contributed by atoms with van der Waals surface area (Å²) in [6, 6.07) is 11.2. The van der Waals surface area contributed by atoms with Crippen LogP contribution in [0.5, 0.6) is 0 Å². The molecule has 4 heteroatoms. The van der Waals surface area contributed by atoms with Gasteiger partial charge in [-0.1, -0.05) is 31.7 Å². The molecule has 0 aliphatic carbocycles. The van der Waals surface area contributed by atoms with Crippen molar-refractivity contribution in [2.45, 2.75) is 30.2 Å². The van der Waals surface area contributed by atoms with Gasteiger partial charge in [0.1, 0.15) is 11.6 Å². The topological polar surface area (TPSA) is 12.0 Å². The highest BCUT2D eigenvalue weighted by atomic mass is 32.2. The van der Waals surface area contributed by atoms with E-state index in [1.165, 1.54) is 36.0 Å². The molecular formula is C17H19F2NS. The zero-order valence-corrected chi connectivity index (χ0v) is 13.0. The van der Waals surface area contributed by atoms with Crippen molar-refractivity contribution in [3.05, 3.63) is 59.7 Å². The quantitative estimate of drug-likeness (QED) is 0.818. The number of hydrogen-bond acceptors (Lipinski definition) is 2. The van der Waals surface area contributed by atoms with E-state index in [9.17, 15) is 8.78 Å². The van der Waals surface area contributed by atoms with E-state index in [0.29, 0.717) is 12.5 Å². The molecule has 0 bridgehead atoms. The first-order chi connectivity index (χ1) is 10.0. The Kier molecular flexibility index (Phi) is 5.76. The van der Waals surface area contributed by atoms with Gasteiger partial charge in [-0.3, -0.25) is 0 Å². The predicted octanol–water partition coefficient (Wildman–Crippen LogP) is 4.86. The summed E-state index contributed by atoms with van der Waals surface area (Å²) in [6.07, 6.45) is 0. The van der Waals surface area contributed by atoms with E-state index in [0.717, 1.165) is 21.9 Å². The van der Waals surface area contributed by atoms with Gasteiger partial charge in [0.15, 0.2) is 0 Å². The Hall–Kier alpha value is -1.39. The third-order valence-corrected chi connectivity index (χ3v) is 4.02. The van der Waals surface area contributed by atoms with Crippen molar-refractivity contribution in [2.24, 2.45) is 5.92 Å². The Labute approximate surface area is 128 Å². The van der Waals surface area contributed by atoms with Gasteiger partial charge in [-0.15, -0.1) is 0 Å². The molecule has 0 fully saturated rings.